The van der Waals surface area contributed by atoms with E-state index in [1.165, 1.54) is 18.4 Å². The zero-order chi connectivity index (χ0) is 14.0. The predicted octanol–water partition coefficient (Wildman–Crippen LogP) is 1.70. The number of amides is 1. The van der Waals surface area contributed by atoms with E-state index in [-0.39, 0.29) is 5.91 Å². The summed E-state index contributed by atoms with van der Waals surface area (Å²) >= 11 is 1.42. The highest BCUT2D eigenvalue weighted by atomic mass is 32.1. The Hall–Kier alpha value is -1.40. The van der Waals surface area contributed by atoms with Crippen LogP contribution < -0.4 is 10.6 Å². The molecule has 104 valence electrons. The Morgan fingerprint density at radius 3 is 2.63 bits per heavy atom. The third-order valence-electron chi connectivity index (χ3n) is 3.37. The fourth-order valence-corrected chi connectivity index (χ4v) is 3.06. The lowest BCUT2D eigenvalue weighted by Crippen LogP contribution is -2.43. The van der Waals surface area contributed by atoms with Crippen molar-refractivity contribution >= 4 is 28.2 Å². The van der Waals surface area contributed by atoms with Gasteiger partial charge in [-0.3, -0.25) is 4.79 Å². The quantitative estimate of drug-likeness (QED) is 0.825. The van der Waals surface area contributed by atoms with Crippen molar-refractivity contribution in [3.63, 3.8) is 0 Å². The molecule has 0 radical (unpaired) electrons. The number of nitrogens with one attached hydrogen (secondary N) is 2. The van der Waals surface area contributed by atoms with Gasteiger partial charge in [0.1, 0.15) is 5.00 Å². The van der Waals surface area contributed by atoms with Crippen LogP contribution in [0.4, 0.5) is 5.00 Å². The van der Waals surface area contributed by atoms with Gasteiger partial charge >= 0.3 is 5.97 Å². The number of methoxy groups -OCH3 is 1. The van der Waals surface area contributed by atoms with Crippen molar-refractivity contribution in [2.75, 3.05) is 25.5 Å². The molecule has 2 N–H and O–H groups in total. The van der Waals surface area contributed by atoms with E-state index in [0.29, 0.717) is 22.9 Å². The molecule has 2 rings (SSSR count). The predicted molar refractivity (Wildman–Crippen MR) is 74.7 cm³/mol. The Bertz CT molecular complexity index is 506. The van der Waals surface area contributed by atoms with Crippen LogP contribution in [0, 0.1) is 19.8 Å². The maximum absolute atomic E-state index is 11.9. The minimum Gasteiger partial charge on any atom is -0.465 e. The lowest BCUT2D eigenvalue weighted by molar-refractivity contribution is -0.117. The molecule has 0 aliphatic carbocycles. The van der Waals surface area contributed by atoms with Crippen molar-refractivity contribution in [2.24, 2.45) is 5.92 Å². The van der Waals surface area contributed by atoms with Gasteiger partial charge in [-0.05, 0) is 38.4 Å². The van der Waals surface area contributed by atoms with E-state index in [1.807, 2.05) is 13.8 Å². The van der Waals surface area contributed by atoms with E-state index in [4.69, 9.17) is 4.74 Å². The molecule has 5 nitrogen and oxygen atoms in total. The van der Waals surface area contributed by atoms with E-state index < -0.39 is 5.97 Å². The summed E-state index contributed by atoms with van der Waals surface area (Å²) in [5.41, 5.74) is 1.35. The van der Waals surface area contributed by atoms with Crippen LogP contribution in [-0.4, -0.2) is 32.1 Å². The van der Waals surface area contributed by atoms with Gasteiger partial charge in [-0.1, -0.05) is 0 Å². The zero-order valence-corrected chi connectivity index (χ0v) is 12.1. The number of anilines is 1. The van der Waals surface area contributed by atoms with E-state index in [1.54, 1.807) is 0 Å². The summed E-state index contributed by atoms with van der Waals surface area (Å²) in [4.78, 5) is 24.7. The third kappa shape index (κ3) is 2.96. The fraction of sp³-hybridized carbons (Fsp3) is 0.538. The highest BCUT2D eigenvalue weighted by Crippen LogP contribution is 2.33. The highest BCUT2D eigenvalue weighted by molar-refractivity contribution is 7.16. The number of aryl methyl sites for hydroxylation is 1. The molecule has 1 saturated heterocycles. The second-order valence-corrected chi connectivity index (χ2v) is 5.98. The van der Waals surface area contributed by atoms with Gasteiger partial charge in [-0.2, -0.15) is 0 Å². The molecule has 0 spiro atoms. The first-order valence-electron chi connectivity index (χ1n) is 6.21. The molecular weight excluding hydrogens is 264 g/mol. The Balaban J connectivity index is 2.12. The van der Waals surface area contributed by atoms with Crippen LogP contribution in [0.1, 0.15) is 27.2 Å². The van der Waals surface area contributed by atoms with E-state index >= 15 is 0 Å². The topological polar surface area (TPSA) is 67.4 Å². The zero-order valence-electron chi connectivity index (χ0n) is 11.3. The largest absolute Gasteiger partial charge is 0.465 e. The molecule has 2 heterocycles. The molecule has 1 fully saturated rings. The first kappa shape index (κ1) is 14.0. The molecule has 19 heavy (non-hydrogen) atoms. The van der Waals surface area contributed by atoms with Crippen molar-refractivity contribution in [1.29, 1.82) is 0 Å². The normalized spacial score (nSPS) is 14.9. The van der Waals surface area contributed by atoms with Crippen molar-refractivity contribution in [1.82, 2.24) is 5.32 Å². The number of ether oxygens (including phenoxy) is 1. The summed E-state index contributed by atoms with van der Waals surface area (Å²) in [5, 5.41) is 6.56. The first-order valence-corrected chi connectivity index (χ1v) is 7.03. The van der Waals surface area contributed by atoms with Crippen LogP contribution in [0.2, 0.25) is 0 Å². The molecule has 1 amide bonds. The van der Waals surface area contributed by atoms with Gasteiger partial charge in [0.2, 0.25) is 5.91 Å². The standard InChI is InChI=1S/C13H18N2O3S/c1-7-8(2)19-12(11(7)13(17)18-3)15-10(16)4-9-5-14-6-9/h9,14H,4-6H2,1-3H3,(H,15,16). The van der Waals surface area contributed by atoms with Crippen LogP contribution in [0.15, 0.2) is 0 Å². The van der Waals surface area contributed by atoms with Crippen LogP contribution >= 0.6 is 11.3 Å². The second kappa shape index (κ2) is 5.71. The molecule has 1 aromatic heterocycles. The fourth-order valence-electron chi connectivity index (χ4n) is 2.00. The molecule has 0 bridgehead atoms. The van der Waals surface area contributed by atoms with Crippen LogP contribution in [0.3, 0.4) is 0 Å². The summed E-state index contributed by atoms with van der Waals surface area (Å²) in [6.45, 7) is 5.57. The van der Waals surface area contributed by atoms with Crippen molar-refractivity contribution in [3.05, 3.63) is 16.0 Å². The average Bonchev–Trinajstić information content (AvgIpc) is 2.59. The molecule has 0 saturated carbocycles. The van der Waals surface area contributed by atoms with Crippen molar-refractivity contribution in [2.45, 2.75) is 20.3 Å². The van der Waals surface area contributed by atoms with Gasteiger partial charge < -0.3 is 15.4 Å². The smallest absolute Gasteiger partial charge is 0.341 e. The summed E-state index contributed by atoms with van der Waals surface area (Å²) < 4.78 is 4.77. The number of carbonyl (C=O) groups is 2. The van der Waals surface area contributed by atoms with E-state index in [9.17, 15) is 9.59 Å². The number of thiophene rings is 1. The first-order chi connectivity index (χ1) is 9.02. The summed E-state index contributed by atoms with van der Waals surface area (Å²) in [7, 11) is 1.35. The molecule has 1 aliphatic rings. The minimum atomic E-state index is -0.400. The number of hydrogen-bond donors (Lipinski definition) is 2. The minimum absolute atomic E-state index is 0.0436. The lowest BCUT2D eigenvalue weighted by Gasteiger charge is -2.26. The maximum Gasteiger partial charge on any atom is 0.341 e. The molecule has 1 aromatic rings. The number of carbonyl (C=O) groups excluding carboxylic acids is 2. The van der Waals surface area contributed by atoms with Crippen LogP contribution in [0.25, 0.3) is 0 Å². The van der Waals surface area contributed by atoms with Gasteiger partial charge in [0.25, 0.3) is 0 Å². The Labute approximate surface area is 116 Å². The second-order valence-electron chi connectivity index (χ2n) is 4.76. The van der Waals surface area contributed by atoms with Crippen LogP contribution in [0.5, 0.6) is 0 Å². The van der Waals surface area contributed by atoms with Crippen LogP contribution in [-0.2, 0) is 9.53 Å². The SMILES string of the molecule is COC(=O)c1c(NC(=O)CC2CNC2)sc(C)c1C. The lowest BCUT2D eigenvalue weighted by atomic mass is 9.99. The van der Waals surface area contributed by atoms with E-state index in [2.05, 4.69) is 10.6 Å². The van der Waals surface area contributed by atoms with Gasteiger partial charge in [0.15, 0.2) is 0 Å². The Kier molecular flexibility index (Phi) is 4.21. The molecule has 0 unspecified atom stereocenters. The van der Waals surface area contributed by atoms with Crippen molar-refractivity contribution in [3.8, 4) is 0 Å². The summed E-state index contributed by atoms with van der Waals surface area (Å²) in [6, 6.07) is 0. The number of rotatable bonds is 4. The highest BCUT2D eigenvalue weighted by Gasteiger charge is 2.24. The monoisotopic (exact) mass is 282 g/mol. The Morgan fingerprint density at radius 2 is 2.11 bits per heavy atom. The summed E-state index contributed by atoms with van der Waals surface area (Å²) in [6.07, 6.45) is 0.490. The number of hydrogen-bond acceptors (Lipinski definition) is 5. The third-order valence-corrected chi connectivity index (χ3v) is 4.49. The van der Waals surface area contributed by atoms with Crippen molar-refractivity contribution < 1.29 is 14.3 Å². The molecule has 1 aliphatic heterocycles. The van der Waals surface area contributed by atoms with Gasteiger partial charge in [0, 0.05) is 11.3 Å². The average molecular weight is 282 g/mol. The summed E-state index contributed by atoms with van der Waals surface area (Å²) in [5.74, 6) is -0.0379. The maximum atomic E-state index is 11.9. The molecule has 0 atom stereocenters. The number of esters is 1. The van der Waals surface area contributed by atoms with Gasteiger partial charge in [0.05, 0.1) is 12.7 Å². The Morgan fingerprint density at radius 1 is 1.42 bits per heavy atom. The van der Waals surface area contributed by atoms with Gasteiger partial charge in [-0.15, -0.1) is 11.3 Å². The molecular formula is C13H18N2O3S. The van der Waals surface area contributed by atoms with Gasteiger partial charge in [-0.25, -0.2) is 4.79 Å². The molecule has 0 aromatic carbocycles. The van der Waals surface area contributed by atoms with E-state index in [0.717, 1.165) is 23.5 Å². The molecule has 6 heteroatoms.